The first-order chi connectivity index (χ1) is 11.7. The summed E-state index contributed by atoms with van der Waals surface area (Å²) in [5.41, 5.74) is 1.32. The highest BCUT2D eigenvalue weighted by molar-refractivity contribution is 7.18. The Morgan fingerprint density at radius 2 is 1.96 bits per heavy atom. The number of hydrogen-bond donors (Lipinski definition) is 1. The van der Waals surface area contributed by atoms with Gasteiger partial charge in [0.25, 0.3) is 0 Å². The number of hydrogen-bond acceptors (Lipinski definition) is 5. The van der Waals surface area contributed by atoms with Gasteiger partial charge in [0.2, 0.25) is 0 Å². The number of methoxy groups -OCH3 is 1. The van der Waals surface area contributed by atoms with Crippen LogP contribution in [-0.2, 0) is 6.42 Å². The Bertz CT molecular complexity index is 796. The summed E-state index contributed by atoms with van der Waals surface area (Å²) in [5.74, 6) is 2.36. The van der Waals surface area contributed by atoms with Gasteiger partial charge in [-0.3, -0.25) is 0 Å². The molecule has 0 saturated carbocycles. The van der Waals surface area contributed by atoms with Crippen LogP contribution in [-0.4, -0.2) is 23.6 Å². The fourth-order valence-electron chi connectivity index (χ4n) is 2.59. The van der Waals surface area contributed by atoms with Crippen molar-refractivity contribution in [2.45, 2.75) is 32.6 Å². The Hall–Kier alpha value is -2.14. The van der Waals surface area contributed by atoms with Gasteiger partial charge in [-0.15, -0.1) is 11.3 Å². The lowest BCUT2D eigenvalue weighted by atomic mass is 10.1. The van der Waals surface area contributed by atoms with Crippen LogP contribution < -0.4 is 10.1 Å². The highest BCUT2D eigenvalue weighted by Gasteiger charge is 2.10. The molecule has 0 fully saturated rings. The van der Waals surface area contributed by atoms with Gasteiger partial charge in [0.1, 0.15) is 22.7 Å². The summed E-state index contributed by atoms with van der Waals surface area (Å²) >= 11 is 1.76. The number of thiophene rings is 1. The molecule has 0 bridgehead atoms. The zero-order valence-electron chi connectivity index (χ0n) is 14.4. The highest BCUT2D eigenvalue weighted by Crippen LogP contribution is 2.32. The van der Waals surface area contributed by atoms with Crippen LogP contribution in [0.25, 0.3) is 10.2 Å². The van der Waals surface area contributed by atoms with Crippen LogP contribution >= 0.6 is 11.3 Å². The molecule has 0 spiro atoms. The van der Waals surface area contributed by atoms with Gasteiger partial charge in [0.05, 0.1) is 12.5 Å². The van der Waals surface area contributed by atoms with E-state index in [-0.39, 0.29) is 0 Å². The second-order valence-electron chi connectivity index (χ2n) is 6.12. The summed E-state index contributed by atoms with van der Waals surface area (Å²) in [7, 11) is 1.69. The van der Waals surface area contributed by atoms with Gasteiger partial charge in [0, 0.05) is 11.4 Å². The topological polar surface area (TPSA) is 47.0 Å². The van der Waals surface area contributed by atoms with E-state index in [0.717, 1.165) is 41.2 Å². The number of benzene rings is 1. The summed E-state index contributed by atoms with van der Waals surface area (Å²) in [4.78, 5) is 11.2. The van der Waals surface area contributed by atoms with Crippen molar-refractivity contribution in [2.24, 2.45) is 0 Å². The standard InChI is InChI=1S/C19H23N3OS/c1-13(2)17-11-16-18(21-12-22-19(16)24-17)20-10-4-5-14-6-8-15(23-3)9-7-14/h6-9,11-13H,4-5,10H2,1-3H3,(H,20,21,22). The third kappa shape index (κ3) is 3.85. The molecule has 2 aromatic heterocycles. The summed E-state index contributed by atoms with van der Waals surface area (Å²) in [6.07, 6.45) is 3.74. The number of aromatic nitrogens is 2. The molecule has 24 heavy (non-hydrogen) atoms. The molecule has 0 aliphatic carbocycles. The van der Waals surface area contributed by atoms with Gasteiger partial charge in [-0.2, -0.15) is 0 Å². The van der Waals surface area contributed by atoms with E-state index in [2.05, 4.69) is 47.3 Å². The van der Waals surface area contributed by atoms with E-state index in [9.17, 15) is 0 Å². The minimum atomic E-state index is 0.520. The molecule has 0 radical (unpaired) electrons. The van der Waals surface area contributed by atoms with Crippen LogP contribution in [0.2, 0.25) is 0 Å². The molecule has 0 unspecified atom stereocenters. The van der Waals surface area contributed by atoms with Crippen LogP contribution in [0, 0.1) is 0 Å². The molecular formula is C19H23N3OS. The first-order valence-corrected chi connectivity index (χ1v) is 9.10. The highest BCUT2D eigenvalue weighted by atomic mass is 32.1. The largest absolute Gasteiger partial charge is 0.497 e. The smallest absolute Gasteiger partial charge is 0.138 e. The Morgan fingerprint density at radius 1 is 1.17 bits per heavy atom. The summed E-state index contributed by atoms with van der Waals surface area (Å²) in [6, 6.07) is 10.5. The molecule has 0 amide bonds. The second-order valence-corrected chi connectivity index (χ2v) is 7.19. The predicted octanol–water partition coefficient (Wildman–Crippen LogP) is 4.87. The average Bonchev–Trinajstić information content (AvgIpc) is 3.04. The van der Waals surface area contributed by atoms with Gasteiger partial charge in [-0.25, -0.2) is 9.97 Å². The lowest BCUT2D eigenvalue weighted by molar-refractivity contribution is 0.414. The van der Waals surface area contributed by atoms with E-state index in [1.807, 2.05) is 12.1 Å². The SMILES string of the molecule is COc1ccc(CCCNc2ncnc3sc(C(C)C)cc23)cc1. The summed E-state index contributed by atoms with van der Waals surface area (Å²) in [6.45, 7) is 5.31. The van der Waals surface area contributed by atoms with Gasteiger partial charge in [-0.05, 0) is 42.5 Å². The molecule has 5 heteroatoms. The Morgan fingerprint density at radius 3 is 2.67 bits per heavy atom. The number of ether oxygens (including phenoxy) is 1. The molecule has 126 valence electrons. The molecule has 3 aromatic rings. The van der Waals surface area contributed by atoms with Crippen molar-refractivity contribution in [3.63, 3.8) is 0 Å². The molecular weight excluding hydrogens is 318 g/mol. The fraction of sp³-hybridized carbons (Fsp3) is 0.368. The normalized spacial score (nSPS) is 11.2. The molecule has 1 aromatic carbocycles. The summed E-state index contributed by atoms with van der Waals surface area (Å²) < 4.78 is 5.19. The zero-order valence-corrected chi connectivity index (χ0v) is 15.2. The van der Waals surface area contributed by atoms with E-state index in [1.54, 1.807) is 24.8 Å². The van der Waals surface area contributed by atoms with Gasteiger partial charge in [-0.1, -0.05) is 26.0 Å². The number of rotatable bonds is 7. The van der Waals surface area contributed by atoms with Gasteiger partial charge in [0.15, 0.2) is 0 Å². The number of aryl methyl sites for hydroxylation is 1. The van der Waals surface area contributed by atoms with Crippen LogP contribution in [0.4, 0.5) is 5.82 Å². The average molecular weight is 341 g/mol. The van der Waals surface area contributed by atoms with Crippen molar-refractivity contribution >= 4 is 27.4 Å². The minimum absolute atomic E-state index is 0.520. The van der Waals surface area contributed by atoms with Crippen molar-refractivity contribution in [2.75, 3.05) is 19.0 Å². The predicted molar refractivity (Wildman–Crippen MR) is 101 cm³/mol. The van der Waals surface area contributed by atoms with E-state index in [0.29, 0.717) is 5.92 Å². The van der Waals surface area contributed by atoms with E-state index in [1.165, 1.54) is 10.4 Å². The van der Waals surface area contributed by atoms with E-state index >= 15 is 0 Å². The van der Waals surface area contributed by atoms with Crippen molar-refractivity contribution in [1.29, 1.82) is 0 Å². The van der Waals surface area contributed by atoms with Crippen LogP contribution in [0.1, 0.15) is 36.6 Å². The zero-order chi connectivity index (χ0) is 16.9. The second kappa shape index (κ2) is 7.62. The van der Waals surface area contributed by atoms with Crippen molar-refractivity contribution in [1.82, 2.24) is 9.97 Å². The number of nitrogens with zero attached hydrogens (tertiary/aromatic N) is 2. The molecule has 1 N–H and O–H groups in total. The number of anilines is 1. The number of nitrogens with one attached hydrogen (secondary N) is 1. The molecule has 0 aliphatic rings. The third-order valence-corrected chi connectivity index (χ3v) is 5.35. The van der Waals surface area contributed by atoms with Crippen LogP contribution in [0.3, 0.4) is 0 Å². The molecule has 2 heterocycles. The van der Waals surface area contributed by atoms with Crippen molar-refractivity contribution in [3.05, 3.63) is 47.1 Å². The Labute approximate surface area is 146 Å². The molecule has 0 saturated heterocycles. The summed E-state index contributed by atoms with van der Waals surface area (Å²) in [5, 5.41) is 4.60. The van der Waals surface area contributed by atoms with E-state index < -0.39 is 0 Å². The van der Waals surface area contributed by atoms with Gasteiger partial charge >= 0.3 is 0 Å². The maximum atomic E-state index is 5.19. The van der Waals surface area contributed by atoms with Gasteiger partial charge < -0.3 is 10.1 Å². The quantitative estimate of drug-likeness (QED) is 0.623. The molecule has 4 nitrogen and oxygen atoms in total. The third-order valence-electron chi connectivity index (χ3n) is 4.01. The Balaban J connectivity index is 1.59. The monoisotopic (exact) mass is 341 g/mol. The first kappa shape index (κ1) is 16.7. The van der Waals surface area contributed by atoms with E-state index in [4.69, 9.17) is 4.74 Å². The first-order valence-electron chi connectivity index (χ1n) is 8.28. The maximum absolute atomic E-state index is 5.19. The van der Waals surface area contributed by atoms with Crippen molar-refractivity contribution in [3.8, 4) is 5.75 Å². The lowest BCUT2D eigenvalue weighted by Gasteiger charge is -2.07. The van der Waals surface area contributed by atoms with Crippen LogP contribution in [0.15, 0.2) is 36.7 Å². The number of fused-ring (bicyclic) bond motifs is 1. The molecule has 3 rings (SSSR count). The van der Waals surface area contributed by atoms with Crippen LogP contribution in [0.5, 0.6) is 5.75 Å². The maximum Gasteiger partial charge on any atom is 0.138 e. The lowest BCUT2D eigenvalue weighted by Crippen LogP contribution is -2.05. The fourth-order valence-corrected chi connectivity index (χ4v) is 3.59. The molecule has 0 atom stereocenters. The Kier molecular flexibility index (Phi) is 5.30. The minimum Gasteiger partial charge on any atom is -0.497 e. The molecule has 0 aliphatic heterocycles. The van der Waals surface area contributed by atoms with Crippen molar-refractivity contribution < 1.29 is 4.74 Å².